The van der Waals surface area contributed by atoms with Gasteiger partial charge in [-0.3, -0.25) is 4.98 Å². The van der Waals surface area contributed by atoms with E-state index in [4.69, 9.17) is 4.74 Å². The molecule has 0 bridgehead atoms. The zero-order chi connectivity index (χ0) is 13.5. The van der Waals surface area contributed by atoms with E-state index in [1.54, 1.807) is 12.4 Å². The number of para-hydroxylation sites is 1. The summed E-state index contributed by atoms with van der Waals surface area (Å²) in [6.45, 7) is 5.43. The van der Waals surface area contributed by atoms with Crippen molar-refractivity contribution in [1.29, 1.82) is 0 Å². The summed E-state index contributed by atoms with van der Waals surface area (Å²) in [7, 11) is 0. The lowest BCUT2D eigenvalue weighted by Gasteiger charge is -2.10. The van der Waals surface area contributed by atoms with Gasteiger partial charge in [0.15, 0.2) is 0 Å². The van der Waals surface area contributed by atoms with Crippen molar-refractivity contribution in [2.45, 2.75) is 26.9 Å². The standard InChI is InChI=1S/C15H19N3O/c1-3-12-7-5-6-8-14(12)19-11-13-9-18-15(10-17-13)16-4-2/h5-10H,3-4,11H2,1-2H3,(H,16,18). The fraction of sp³-hybridized carbons (Fsp3) is 0.333. The first-order valence-electron chi connectivity index (χ1n) is 6.59. The summed E-state index contributed by atoms with van der Waals surface area (Å²) in [5.74, 6) is 1.71. The number of rotatable bonds is 6. The molecule has 100 valence electrons. The minimum Gasteiger partial charge on any atom is -0.487 e. The minimum absolute atomic E-state index is 0.441. The molecule has 0 unspecified atom stereocenters. The zero-order valence-corrected chi connectivity index (χ0v) is 11.4. The highest BCUT2D eigenvalue weighted by Crippen LogP contribution is 2.19. The van der Waals surface area contributed by atoms with Crippen molar-refractivity contribution >= 4 is 5.82 Å². The number of ether oxygens (including phenoxy) is 1. The van der Waals surface area contributed by atoms with Crippen molar-refractivity contribution in [3.8, 4) is 5.75 Å². The maximum absolute atomic E-state index is 5.79. The number of anilines is 1. The summed E-state index contributed by atoms with van der Waals surface area (Å²) in [6, 6.07) is 8.07. The normalized spacial score (nSPS) is 10.2. The van der Waals surface area contributed by atoms with Crippen molar-refractivity contribution in [1.82, 2.24) is 9.97 Å². The highest BCUT2D eigenvalue weighted by Gasteiger charge is 2.02. The Hall–Kier alpha value is -2.10. The Balaban J connectivity index is 1.98. The molecule has 0 radical (unpaired) electrons. The molecule has 2 rings (SSSR count). The summed E-state index contributed by atoms with van der Waals surface area (Å²) in [5.41, 5.74) is 2.03. The summed E-state index contributed by atoms with van der Waals surface area (Å²) in [5, 5.41) is 3.11. The number of hydrogen-bond donors (Lipinski definition) is 1. The van der Waals surface area contributed by atoms with E-state index in [9.17, 15) is 0 Å². The second-order valence-corrected chi connectivity index (χ2v) is 4.17. The van der Waals surface area contributed by atoms with Gasteiger partial charge in [-0.05, 0) is 25.0 Å². The Morgan fingerprint density at radius 2 is 1.95 bits per heavy atom. The molecule has 19 heavy (non-hydrogen) atoms. The third kappa shape index (κ3) is 3.68. The molecule has 0 atom stereocenters. The molecule has 0 fully saturated rings. The van der Waals surface area contributed by atoms with Crippen LogP contribution in [0.15, 0.2) is 36.7 Å². The summed E-state index contributed by atoms with van der Waals surface area (Å²) < 4.78 is 5.79. The largest absolute Gasteiger partial charge is 0.487 e. The van der Waals surface area contributed by atoms with Crippen LogP contribution in [-0.4, -0.2) is 16.5 Å². The van der Waals surface area contributed by atoms with Crippen molar-refractivity contribution in [2.24, 2.45) is 0 Å². The van der Waals surface area contributed by atoms with E-state index in [0.29, 0.717) is 6.61 Å². The first-order chi connectivity index (χ1) is 9.33. The Labute approximate surface area is 113 Å². The fourth-order valence-corrected chi connectivity index (χ4v) is 1.79. The van der Waals surface area contributed by atoms with E-state index >= 15 is 0 Å². The quantitative estimate of drug-likeness (QED) is 0.864. The average Bonchev–Trinajstić information content (AvgIpc) is 2.47. The molecule has 0 amide bonds. The number of benzene rings is 1. The molecule has 1 aromatic heterocycles. The lowest BCUT2D eigenvalue weighted by Crippen LogP contribution is -2.04. The van der Waals surface area contributed by atoms with Gasteiger partial charge in [-0.15, -0.1) is 0 Å². The van der Waals surface area contributed by atoms with Gasteiger partial charge in [-0.1, -0.05) is 25.1 Å². The molecule has 0 saturated heterocycles. The van der Waals surface area contributed by atoms with Crippen LogP contribution in [0.2, 0.25) is 0 Å². The van der Waals surface area contributed by atoms with E-state index in [2.05, 4.69) is 28.3 Å². The van der Waals surface area contributed by atoms with Crippen LogP contribution >= 0.6 is 0 Å². The Kier molecular flexibility index (Phi) is 4.72. The van der Waals surface area contributed by atoms with Crippen LogP contribution in [0.1, 0.15) is 25.1 Å². The van der Waals surface area contributed by atoms with E-state index in [1.807, 2.05) is 25.1 Å². The number of nitrogens with one attached hydrogen (secondary N) is 1. The SMILES string of the molecule is CCNc1cnc(COc2ccccc2CC)cn1. The highest BCUT2D eigenvalue weighted by molar-refractivity contribution is 5.33. The van der Waals surface area contributed by atoms with Crippen molar-refractivity contribution in [2.75, 3.05) is 11.9 Å². The van der Waals surface area contributed by atoms with Gasteiger partial charge in [0, 0.05) is 6.54 Å². The smallest absolute Gasteiger partial charge is 0.144 e. The summed E-state index contributed by atoms with van der Waals surface area (Å²) in [6.07, 6.45) is 4.43. The molecule has 4 nitrogen and oxygen atoms in total. The van der Waals surface area contributed by atoms with Gasteiger partial charge in [-0.25, -0.2) is 4.98 Å². The predicted octanol–water partition coefficient (Wildman–Crippen LogP) is 3.05. The molecule has 1 heterocycles. The number of nitrogens with zero attached hydrogens (tertiary/aromatic N) is 2. The van der Waals surface area contributed by atoms with E-state index in [1.165, 1.54) is 5.56 Å². The molecule has 0 aliphatic carbocycles. The van der Waals surface area contributed by atoms with Gasteiger partial charge < -0.3 is 10.1 Å². The monoisotopic (exact) mass is 257 g/mol. The zero-order valence-electron chi connectivity index (χ0n) is 11.4. The van der Waals surface area contributed by atoms with Crippen LogP contribution in [0.25, 0.3) is 0 Å². The average molecular weight is 257 g/mol. The van der Waals surface area contributed by atoms with Gasteiger partial charge in [0.05, 0.1) is 18.1 Å². The molecule has 1 aromatic carbocycles. The van der Waals surface area contributed by atoms with Gasteiger partial charge >= 0.3 is 0 Å². The molecule has 4 heteroatoms. The lowest BCUT2D eigenvalue weighted by molar-refractivity contribution is 0.298. The molecule has 1 N–H and O–H groups in total. The Morgan fingerprint density at radius 1 is 1.11 bits per heavy atom. The molecular weight excluding hydrogens is 238 g/mol. The molecular formula is C15H19N3O. The van der Waals surface area contributed by atoms with Gasteiger partial charge in [0.25, 0.3) is 0 Å². The molecule has 2 aromatic rings. The number of aromatic nitrogens is 2. The first-order valence-corrected chi connectivity index (χ1v) is 6.59. The first kappa shape index (κ1) is 13.3. The molecule has 0 aliphatic heterocycles. The van der Waals surface area contributed by atoms with Crippen molar-refractivity contribution < 1.29 is 4.74 Å². The highest BCUT2D eigenvalue weighted by atomic mass is 16.5. The topological polar surface area (TPSA) is 47.0 Å². The van der Waals surface area contributed by atoms with Crippen LogP contribution in [-0.2, 0) is 13.0 Å². The van der Waals surface area contributed by atoms with Gasteiger partial charge in [0.2, 0.25) is 0 Å². The van der Waals surface area contributed by atoms with E-state index in [-0.39, 0.29) is 0 Å². The van der Waals surface area contributed by atoms with Crippen LogP contribution in [0.4, 0.5) is 5.82 Å². The number of aryl methyl sites for hydroxylation is 1. The summed E-state index contributed by atoms with van der Waals surface area (Å²) in [4.78, 5) is 8.59. The van der Waals surface area contributed by atoms with E-state index < -0.39 is 0 Å². The second-order valence-electron chi connectivity index (χ2n) is 4.17. The molecule has 0 saturated carbocycles. The van der Waals surface area contributed by atoms with Crippen LogP contribution in [0, 0.1) is 0 Å². The maximum atomic E-state index is 5.79. The Bertz CT molecular complexity index is 511. The third-order valence-electron chi connectivity index (χ3n) is 2.79. The van der Waals surface area contributed by atoms with Crippen LogP contribution in [0.5, 0.6) is 5.75 Å². The van der Waals surface area contributed by atoms with Crippen molar-refractivity contribution in [3.05, 3.63) is 47.9 Å². The lowest BCUT2D eigenvalue weighted by atomic mass is 10.1. The van der Waals surface area contributed by atoms with Gasteiger partial charge in [-0.2, -0.15) is 0 Å². The summed E-state index contributed by atoms with van der Waals surface area (Å²) >= 11 is 0. The van der Waals surface area contributed by atoms with Crippen LogP contribution < -0.4 is 10.1 Å². The van der Waals surface area contributed by atoms with Crippen LogP contribution in [0.3, 0.4) is 0 Å². The minimum atomic E-state index is 0.441. The molecule has 0 spiro atoms. The predicted molar refractivity (Wildman–Crippen MR) is 76.3 cm³/mol. The maximum Gasteiger partial charge on any atom is 0.144 e. The Morgan fingerprint density at radius 3 is 2.63 bits per heavy atom. The van der Waals surface area contributed by atoms with E-state index in [0.717, 1.165) is 30.2 Å². The van der Waals surface area contributed by atoms with Crippen molar-refractivity contribution in [3.63, 3.8) is 0 Å². The number of hydrogen-bond acceptors (Lipinski definition) is 4. The fourth-order valence-electron chi connectivity index (χ4n) is 1.79. The molecule has 0 aliphatic rings. The second kappa shape index (κ2) is 6.73. The van der Waals surface area contributed by atoms with Gasteiger partial charge in [0.1, 0.15) is 18.2 Å². The third-order valence-corrected chi connectivity index (χ3v) is 2.79.